The van der Waals surface area contributed by atoms with Crippen LogP contribution in [0.25, 0.3) is 0 Å². The summed E-state index contributed by atoms with van der Waals surface area (Å²) in [6.07, 6.45) is 2.16. The van der Waals surface area contributed by atoms with Crippen LogP contribution < -0.4 is 14.8 Å². The first kappa shape index (κ1) is 17.6. The number of nitrogens with zero attached hydrogens (tertiary/aromatic N) is 1. The smallest absolute Gasteiger partial charge is 0.260 e. The molecule has 118 valence electrons. The average Bonchev–Trinajstić information content (AvgIpc) is 2.52. The number of hydrogen-bond acceptors (Lipinski definition) is 4. The van der Waals surface area contributed by atoms with Crippen LogP contribution in [0.2, 0.25) is 0 Å². The van der Waals surface area contributed by atoms with E-state index in [1.807, 2.05) is 30.1 Å². The van der Waals surface area contributed by atoms with Gasteiger partial charge < -0.3 is 19.7 Å². The topological polar surface area (TPSA) is 50.8 Å². The Morgan fingerprint density at radius 1 is 1.43 bits per heavy atom. The van der Waals surface area contributed by atoms with Crippen LogP contribution in [0.4, 0.5) is 0 Å². The Morgan fingerprint density at radius 3 is 2.90 bits per heavy atom. The van der Waals surface area contributed by atoms with E-state index in [1.54, 1.807) is 13.2 Å². The Bertz CT molecular complexity index is 456. The Kier molecular flexibility index (Phi) is 7.32. The van der Waals surface area contributed by atoms with Crippen molar-refractivity contribution in [1.82, 2.24) is 10.2 Å². The van der Waals surface area contributed by atoms with Crippen LogP contribution in [0.15, 0.2) is 24.3 Å². The fourth-order valence-electron chi connectivity index (χ4n) is 2.37. The van der Waals surface area contributed by atoms with Gasteiger partial charge in [-0.3, -0.25) is 4.79 Å². The minimum atomic E-state index is 0. The van der Waals surface area contributed by atoms with Crippen molar-refractivity contribution in [1.29, 1.82) is 0 Å². The molecule has 0 aromatic heterocycles. The third-order valence-corrected chi connectivity index (χ3v) is 3.59. The molecule has 0 aliphatic carbocycles. The molecule has 1 aromatic carbocycles. The van der Waals surface area contributed by atoms with Crippen molar-refractivity contribution >= 4 is 18.3 Å². The molecule has 1 amide bonds. The van der Waals surface area contributed by atoms with Crippen LogP contribution in [0.3, 0.4) is 0 Å². The molecule has 1 aliphatic heterocycles. The first-order chi connectivity index (χ1) is 9.72. The average molecular weight is 315 g/mol. The molecule has 1 N–H and O–H groups in total. The summed E-state index contributed by atoms with van der Waals surface area (Å²) >= 11 is 0. The van der Waals surface area contributed by atoms with Crippen LogP contribution >= 0.6 is 12.4 Å². The number of likely N-dealkylation sites (N-methyl/N-ethyl adjacent to an activating group) is 1. The lowest BCUT2D eigenvalue weighted by molar-refractivity contribution is -0.134. The zero-order valence-electron chi connectivity index (χ0n) is 12.5. The normalized spacial score (nSPS) is 17.8. The number of carbonyl (C=O) groups is 1. The fraction of sp³-hybridized carbons (Fsp3) is 0.533. The summed E-state index contributed by atoms with van der Waals surface area (Å²) < 4.78 is 10.7. The Labute approximate surface area is 132 Å². The van der Waals surface area contributed by atoms with Crippen molar-refractivity contribution < 1.29 is 14.3 Å². The molecular formula is C15H23ClN2O3. The van der Waals surface area contributed by atoms with E-state index < -0.39 is 0 Å². The monoisotopic (exact) mass is 314 g/mol. The lowest BCUT2D eigenvalue weighted by Crippen LogP contribution is -2.48. The number of benzene rings is 1. The van der Waals surface area contributed by atoms with Crippen LogP contribution in [0.5, 0.6) is 11.5 Å². The summed E-state index contributed by atoms with van der Waals surface area (Å²) in [7, 11) is 3.54. The third-order valence-electron chi connectivity index (χ3n) is 3.59. The summed E-state index contributed by atoms with van der Waals surface area (Å²) in [6, 6.07) is 7.68. The second kappa shape index (κ2) is 8.74. The molecule has 0 radical (unpaired) electrons. The van der Waals surface area contributed by atoms with Gasteiger partial charge in [0.05, 0.1) is 7.11 Å². The zero-order chi connectivity index (χ0) is 14.4. The van der Waals surface area contributed by atoms with Crippen LogP contribution in [-0.2, 0) is 4.79 Å². The molecule has 1 saturated heterocycles. The van der Waals surface area contributed by atoms with Crippen molar-refractivity contribution in [2.24, 2.45) is 0 Å². The number of hydrogen-bond donors (Lipinski definition) is 1. The number of rotatable bonds is 5. The van der Waals surface area contributed by atoms with Crippen molar-refractivity contribution in [3.05, 3.63) is 24.3 Å². The van der Waals surface area contributed by atoms with Crippen LogP contribution in [-0.4, -0.2) is 50.7 Å². The quantitative estimate of drug-likeness (QED) is 0.899. The maximum Gasteiger partial charge on any atom is 0.260 e. The number of amides is 1. The molecule has 0 saturated carbocycles. The molecule has 5 nitrogen and oxygen atoms in total. The molecule has 0 bridgehead atoms. The molecule has 2 rings (SSSR count). The number of piperidine rings is 1. The van der Waals surface area contributed by atoms with E-state index in [2.05, 4.69) is 5.32 Å². The second-order valence-electron chi connectivity index (χ2n) is 4.94. The highest BCUT2D eigenvalue weighted by Crippen LogP contribution is 2.19. The largest absolute Gasteiger partial charge is 0.497 e. The van der Waals surface area contributed by atoms with Gasteiger partial charge in [-0.2, -0.15) is 0 Å². The van der Waals surface area contributed by atoms with Crippen molar-refractivity contribution in [3.63, 3.8) is 0 Å². The molecular weight excluding hydrogens is 292 g/mol. The van der Waals surface area contributed by atoms with E-state index in [0.717, 1.165) is 31.7 Å². The predicted octanol–water partition coefficient (Wildman–Crippen LogP) is 1.71. The number of likely N-dealkylation sites (tertiary alicyclic amines) is 1. The summed E-state index contributed by atoms with van der Waals surface area (Å²) in [5.41, 5.74) is 0. The standard InChI is InChI=1S/C15H22N2O3.ClH/c1-16-12-5-4-8-17(10-12)15(18)11-20-14-7-3-6-13(9-14)19-2;/h3,6-7,9,12,16H,4-5,8,10-11H2,1-2H3;1H. The van der Waals surface area contributed by atoms with Gasteiger partial charge in [-0.25, -0.2) is 0 Å². The van der Waals surface area contributed by atoms with Crippen molar-refractivity contribution in [3.8, 4) is 11.5 Å². The maximum absolute atomic E-state index is 12.1. The highest BCUT2D eigenvalue weighted by atomic mass is 35.5. The van der Waals surface area contributed by atoms with E-state index in [9.17, 15) is 4.79 Å². The van der Waals surface area contributed by atoms with Gasteiger partial charge in [0.25, 0.3) is 5.91 Å². The Balaban J connectivity index is 0.00000220. The lowest BCUT2D eigenvalue weighted by Gasteiger charge is -2.32. The molecule has 1 aliphatic rings. The van der Waals surface area contributed by atoms with Gasteiger partial charge in [0.1, 0.15) is 11.5 Å². The highest BCUT2D eigenvalue weighted by molar-refractivity contribution is 5.85. The van der Waals surface area contributed by atoms with Gasteiger partial charge in [-0.15, -0.1) is 12.4 Å². The van der Waals surface area contributed by atoms with Crippen molar-refractivity contribution in [2.75, 3.05) is 33.9 Å². The summed E-state index contributed by atoms with van der Waals surface area (Å²) in [6.45, 7) is 1.65. The summed E-state index contributed by atoms with van der Waals surface area (Å²) in [4.78, 5) is 14.0. The first-order valence-electron chi connectivity index (χ1n) is 6.95. The third kappa shape index (κ3) is 5.10. The number of methoxy groups -OCH3 is 1. The Morgan fingerprint density at radius 2 is 2.19 bits per heavy atom. The molecule has 1 atom stereocenters. The molecule has 0 spiro atoms. The number of halogens is 1. The Hall–Kier alpha value is -1.46. The van der Waals surface area contributed by atoms with Crippen molar-refractivity contribution in [2.45, 2.75) is 18.9 Å². The maximum atomic E-state index is 12.1. The SMILES string of the molecule is CNC1CCCN(C(=O)COc2cccc(OC)c2)C1.Cl. The van der Waals surface area contributed by atoms with Gasteiger partial charge in [0, 0.05) is 25.2 Å². The number of ether oxygens (including phenoxy) is 2. The van der Waals surface area contributed by atoms with Gasteiger partial charge in [-0.1, -0.05) is 6.07 Å². The van der Waals surface area contributed by atoms with E-state index >= 15 is 0 Å². The minimum absolute atomic E-state index is 0. The van der Waals surface area contributed by atoms with E-state index in [-0.39, 0.29) is 24.9 Å². The molecule has 1 unspecified atom stereocenters. The van der Waals surface area contributed by atoms with Crippen LogP contribution in [0.1, 0.15) is 12.8 Å². The zero-order valence-corrected chi connectivity index (χ0v) is 13.3. The fourth-order valence-corrected chi connectivity index (χ4v) is 2.37. The molecule has 1 fully saturated rings. The van der Waals surface area contributed by atoms with E-state index in [0.29, 0.717) is 11.8 Å². The molecule has 21 heavy (non-hydrogen) atoms. The molecule has 6 heteroatoms. The second-order valence-corrected chi connectivity index (χ2v) is 4.94. The van der Waals surface area contributed by atoms with Crippen LogP contribution in [0, 0.1) is 0 Å². The van der Waals surface area contributed by atoms with E-state index in [4.69, 9.17) is 9.47 Å². The van der Waals surface area contributed by atoms with Gasteiger partial charge in [0.15, 0.2) is 6.61 Å². The van der Waals surface area contributed by atoms with Gasteiger partial charge in [0.2, 0.25) is 0 Å². The van der Waals surface area contributed by atoms with Gasteiger partial charge in [-0.05, 0) is 32.0 Å². The number of carbonyl (C=O) groups excluding carboxylic acids is 1. The lowest BCUT2D eigenvalue weighted by atomic mass is 10.1. The number of nitrogens with one attached hydrogen (secondary N) is 1. The van der Waals surface area contributed by atoms with Gasteiger partial charge >= 0.3 is 0 Å². The molecule has 1 heterocycles. The summed E-state index contributed by atoms with van der Waals surface area (Å²) in [5.74, 6) is 1.41. The summed E-state index contributed by atoms with van der Waals surface area (Å²) in [5, 5.41) is 3.23. The molecule has 1 aromatic rings. The van der Waals surface area contributed by atoms with E-state index in [1.165, 1.54) is 0 Å². The highest BCUT2D eigenvalue weighted by Gasteiger charge is 2.22. The first-order valence-corrected chi connectivity index (χ1v) is 6.95. The minimum Gasteiger partial charge on any atom is -0.497 e. The predicted molar refractivity (Wildman–Crippen MR) is 84.4 cm³/mol.